The van der Waals surface area contributed by atoms with Gasteiger partial charge in [-0.1, -0.05) is 54.6 Å². The summed E-state index contributed by atoms with van der Waals surface area (Å²) in [6.07, 6.45) is 3.62. The lowest BCUT2D eigenvalue weighted by Crippen LogP contribution is -1.91. The molecular weight excluding hydrogens is 270 g/mol. The van der Waals surface area contributed by atoms with Crippen LogP contribution in [0.5, 0.6) is 11.5 Å². The van der Waals surface area contributed by atoms with Gasteiger partial charge in [-0.2, -0.15) is 0 Å². The molecule has 0 aromatic heterocycles. The Bertz CT molecular complexity index is 362. The van der Waals surface area contributed by atoms with Crippen LogP contribution in [0.15, 0.2) is 0 Å². The van der Waals surface area contributed by atoms with Crippen LogP contribution in [-0.4, -0.2) is 10.2 Å². The lowest BCUT2D eigenvalue weighted by molar-refractivity contribution is 0.450. The first-order chi connectivity index (χ1) is 7.50. The molecule has 1 aromatic carbocycles. The van der Waals surface area contributed by atoms with E-state index in [2.05, 4.69) is 6.92 Å². The Hall–Kier alpha value is -0.310. The quantitative estimate of drug-likeness (QED) is 0.780. The van der Waals surface area contributed by atoms with Crippen molar-refractivity contribution in [1.29, 1.82) is 0 Å². The topological polar surface area (TPSA) is 40.5 Å². The molecule has 0 aliphatic carbocycles. The summed E-state index contributed by atoms with van der Waals surface area (Å²) >= 11 is 17.5. The Balaban J connectivity index is 3.08. The minimum Gasteiger partial charge on any atom is -0.505 e. The average molecular weight is 284 g/mol. The molecule has 90 valence electrons. The molecule has 1 aromatic rings. The predicted molar refractivity (Wildman–Crippen MR) is 68.0 cm³/mol. The third-order valence-corrected chi connectivity index (χ3v) is 3.56. The van der Waals surface area contributed by atoms with Crippen molar-refractivity contribution in [1.82, 2.24) is 0 Å². The van der Waals surface area contributed by atoms with E-state index in [1.165, 1.54) is 0 Å². The van der Waals surface area contributed by atoms with Crippen molar-refractivity contribution in [2.45, 2.75) is 32.6 Å². The van der Waals surface area contributed by atoms with E-state index in [0.717, 1.165) is 19.3 Å². The number of halogens is 3. The summed E-state index contributed by atoms with van der Waals surface area (Å²) in [5.41, 5.74) is 0.552. The molecule has 0 atom stereocenters. The molecular formula is C11H13Cl3O2. The molecule has 2 nitrogen and oxygen atoms in total. The highest BCUT2D eigenvalue weighted by Crippen LogP contribution is 2.46. The van der Waals surface area contributed by atoms with E-state index in [4.69, 9.17) is 34.8 Å². The van der Waals surface area contributed by atoms with Crippen LogP contribution in [-0.2, 0) is 6.42 Å². The molecule has 0 bridgehead atoms. The van der Waals surface area contributed by atoms with Crippen LogP contribution < -0.4 is 0 Å². The van der Waals surface area contributed by atoms with Crippen LogP contribution in [0, 0.1) is 0 Å². The molecule has 0 aliphatic heterocycles. The van der Waals surface area contributed by atoms with E-state index in [-0.39, 0.29) is 26.6 Å². The van der Waals surface area contributed by atoms with Gasteiger partial charge < -0.3 is 10.2 Å². The fraction of sp³-hybridized carbons (Fsp3) is 0.455. The number of benzene rings is 1. The van der Waals surface area contributed by atoms with E-state index in [1.54, 1.807) is 0 Å². The molecule has 1 rings (SSSR count). The van der Waals surface area contributed by atoms with E-state index >= 15 is 0 Å². The first-order valence-electron chi connectivity index (χ1n) is 5.07. The Morgan fingerprint density at radius 1 is 0.875 bits per heavy atom. The second kappa shape index (κ2) is 5.85. The smallest absolute Gasteiger partial charge is 0.156 e. The first-order valence-corrected chi connectivity index (χ1v) is 6.21. The standard InChI is InChI=1S/C11H13Cl3O2/c1-2-3-4-5-6-7(12)10(15)9(14)11(16)8(6)13/h15-16H,2-5H2,1H3. The second-order valence-electron chi connectivity index (χ2n) is 3.57. The average Bonchev–Trinajstić information content (AvgIpc) is 2.28. The summed E-state index contributed by atoms with van der Waals surface area (Å²) in [6.45, 7) is 2.08. The monoisotopic (exact) mass is 282 g/mol. The highest BCUT2D eigenvalue weighted by Gasteiger charge is 2.19. The number of rotatable bonds is 4. The maximum atomic E-state index is 9.57. The first kappa shape index (κ1) is 13.8. The number of phenolic OH excluding ortho intramolecular Hbond substituents is 2. The van der Waals surface area contributed by atoms with Crippen molar-refractivity contribution in [3.05, 3.63) is 20.6 Å². The van der Waals surface area contributed by atoms with Crippen molar-refractivity contribution in [2.24, 2.45) is 0 Å². The number of phenols is 2. The minimum absolute atomic E-state index is 0.129. The van der Waals surface area contributed by atoms with Gasteiger partial charge in [0.25, 0.3) is 0 Å². The van der Waals surface area contributed by atoms with Crippen molar-refractivity contribution in [3.63, 3.8) is 0 Å². The number of hydrogen-bond donors (Lipinski definition) is 2. The van der Waals surface area contributed by atoms with Crippen LogP contribution in [0.3, 0.4) is 0 Å². The van der Waals surface area contributed by atoms with Gasteiger partial charge in [-0.05, 0) is 18.4 Å². The zero-order valence-corrected chi connectivity index (χ0v) is 11.1. The van der Waals surface area contributed by atoms with Crippen molar-refractivity contribution >= 4 is 34.8 Å². The van der Waals surface area contributed by atoms with Crippen LogP contribution >= 0.6 is 34.8 Å². The molecule has 0 amide bonds. The Morgan fingerprint density at radius 2 is 1.38 bits per heavy atom. The summed E-state index contributed by atoms with van der Waals surface area (Å²) < 4.78 is 0. The molecule has 0 unspecified atom stereocenters. The van der Waals surface area contributed by atoms with Gasteiger partial charge >= 0.3 is 0 Å². The van der Waals surface area contributed by atoms with Gasteiger partial charge in [0.15, 0.2) is 11.5 Å². The highest BCUT2D eigenvalue weighted by molar-refractivity contribution is 6.42. The van der Waals surface area contributed by atoms with Gasteiger partial charge in [-0.15, -0.1) is 0 Å². The third-order valence-electron chi connectivity index (χ3n) is 2.39. The molecule has 0 saturated carbocycles. The van der Waals surface area contributed by atoms with Gasteiger partial charge in [0.1, 0.15) is 5.02 Å². The molecule has 0 aliphatic rings. The van der Waals surface area contributed by atoms with Gasteiger partial charge in [0, 0.05) is 0 Å². The van der Waals surface area contributed by atoms with Gasteiger partial charge in [-0.3, -0.25) is 0 Å². The van der Waals surface area contributed by atoms with Crippen molar-refractivity contribution < 1.29 is 10.2 Å². The molecule has 0 saturated heterocycles. The summed E-state index contributed by atoms with van der Waals surface area (Å²) in [7, 11) is 0. The molecule has 0 heterocycles. The van der Waals surface area contributed by atoms with Crippen molar-refractivity contribution in [2.75, 3.05) is 0 Å². The van der Waals surface area contributed by atoms with E-state index < -0.39 is 0 Å². The zero-order valence-electron chi connectivity index (χ0n) is 8.86. The van der Waals surface area contributed by atoms with E-state index in [9.17, 15) is 10.2 Å². The molecule has 0 fully saturated rings. The Kier molecular flexibility index (Phi) is 5.03. The van der Waals surface area contributed by atoms with Gasteiger partial charge in [0.2, 0.25) is 0 Å². The minimum atomic E-state index is -0.309. The van der Waals surface area contributed by atoms with Crippen LogP contribution in [0.25, 0.3) is 0 Å². The van der Waals surface area contributed by atoms with Crippen LogP contribution in [0.4, 0.5) is 0 Å². The molecule has 0 radical (unpaired) electrons. The van der Waals surface area contributed by atoms with Crippen molar-refractivity contribution in [3.8, 4) is 11.5 Å². The van der Waals surface area contributed by atoms with Gasteiger partial charge in [0.05, 0.1) is 10.0 Å². The molecule has 16 heavy (non-hydrogen) atoms. The fourth-order valence-electron chi connectivity index (χ4n) is 1.46. The van der Waals surface area contributed by atoms with Gasteiger partial charge in [-0.25, -0.2) is 0 Å². The fourth-order valence-corrected chi connectivity index (χ4v) is 2.36. The zero-order chi connectivity index (χ0) is 12.3. The van der Waals surface area contributed by atoms with Crippen LogP contribution in [0.2, 0.25) is 15.1 Å². The maximum Gasteiger partial charge on any atom is 0.156 e. The summed E-state index contributed by atoms with van der Waals surface area (Å²) in [5, 5.41) is 19.2. The molecule has 0 spiro atoms. The lowest BCUT2D eigenvalue weighted by Gasteiger charge is -2.12. The normalized spacial score (nSPS) is 10.8. The number of hydrogen-bond acceptors (Lipinski definition) is 2. The second-order valence-corrected chi connectivity index (χ2v) is 4.71. The summed E-state index contributed by atoms with van der Waals surface area (Å²) in [4.78, 5) is 0. The third kappa shape index (κ3) is 2.68. The number of aromatic hydroxyl groups is 2. The van der Waals surface area contributed by atoms with E-state index in [0.29, 0.717) is 12.0 Å². The SMILES string of the molecule is CCCCCc1c(Cl)c(O)c(Cl)c(O)c1Cl. The Labute approximate surface area is 110 Å². The largest absolute Gasteiger partial charge is 0.505 e. The summed E-state index contributed by atoms with van der Waals surface area (Å²) in [6, 6.07) is 0. The molecule has 2 N–H and O–H groups in total. The lowest BCUT2D eigenvalue weighted by atomic mass is 10.1. The van der Waals surface area contributed by atoms with E-state index in [1.807, 2.05) is 0 Å². The Morgan fingerprint density at radius 3 is 1.81 bits per heavy atom. The van der Waals surface area contributed by atoms with Crippen LogP contribution in [0.1, 0.15) is 31.7 Å². The summed E-state index contributed by atoms with van der Waals surface area (Å²) in [5.74, 6) is -0.617. The highest BCUT2D eigenvalue weighted by atomic mass is 35.5. The molecule has 5 heteroatoms. The number of unbranched alkanes of at least 4 members (excludes halogenated alkanes) is 2. The maximum absolute atomic E-state index is 9.57. The predicted octanol–water partition coefficient (Wildman–Crippen LogP) is 4.79.